The van der Waals surface area contributed by atoms with E-state index in [1.165, 1.54) is 23.3 Å². The minimum Gasteiger partial charge on any atom is -0.417 e. The molecule has 0 spiro atoms. The minimum absolute atomic E-state index is 0.416. The molecule has 0 saturated carbocycles. The molecular weight excluding hydrogens is 303 g/mol. The average molecular weight is 328 g/mol. The molecule has 0 bridgehead atoms. The molecular formula is C11H25IOSi. The Kier molecular flexibility index (Phi) is 6.90. The van der Waals surface area contributed by atoms with Gasteiger partial charge < -0.3 is 4.43 Å². The van der Waals surface area contributed by atoms with Gasteiger partial charge in [0, 0.05) is 6.61 Å². The van der Waals surface area contributed by atoms with Crippen molar-refractivity contribution >= 4 is 30.9 Å². The molecule has 0 radical (unpaired) electrons. The van der Waals surface area contributed by atoms with Crippen molar-refractivity contribution in [3.05, 3.63) is 0 Å². The van der Waals surface area contributed by atoms with Crippen LogP contribution in [0, 0.1) is 5.41 Å². The van der Waals surface area contributed by atoms with E-state index in [-0.39, 0.29) is 0 Å². The van der Waals surface area contributed by atoms with Gasteiger partial charge in [-0.3, -0.25) is 0 Å². The first-order valence-electron chi connectivity index (χ1n) is 5.47. The van der Waals surface area contributed by atoms with Gasteiger partial charge in [-0.25, -0.2) is 0 Å². The number of hydrogen-bond acceptors (Lipinski definition) is 1. The molecule has 3 heteroatoms. The molecule has 0 rings (SSSR count). The van der Waals surface area contributed by atoms with Gasteiger partial charge in [0.15, 0.2) is 8.32 Å². The fraction of sp³-hybridized carbons (Fsp3) is 1.00. The molecule has 0 atom stereocenters. The third-order valence-corrected chi connectivity index (χ3v) is 5.64. The van der Waals surface area contributed by atoms with Crippen molar-refractivity contribution in [3.63, 3.8) is 0 Å². The molecule has 0 aliphatic rings. The van der Waals surface area contributed by atoms with Crippen LogP contribution in [0.5, 0.6) is 0 Å². The number of hydrogen-bond donors (Lipinski definition) is 0. The predicted octanol–water partition coefficient (Wildman–Crippen LogP) is 4.47. The standard InChI is InChI=1S/C11H25IOSi/c1-11(2,3)10-14(4,5)13-9-7-6-8-12/h6-10H2,1-5H3. The zero-order valence-electron chi connectivity index (χ0n) is 10.3. The van der Waals surface area contributed by atoms with Crippen molar-refractivity contribution in [2.75, 3.05) is 11.0 Å². The molecule has 86 valence electrons. The molecule has 0 fully saturated rings. The first-order chi connectivity index (χ1) is 6.27. The monoisotopic (exact) mass is 328 g/mol. The Bertz CT molecular complexity index is 152. The van der Waals surface area contributed by atoms with Gasteiger partial charge in [0.1, 0.15) is 0 Å². The maximum absolute atomic E-state index is 6.04. The minimum atomic E-state index is -1.39. The van der Waals surface area contributed by atoms with Crippen molar-refractivity contribution in [2.45, 2.75) is 52.8 Å². The first-order valence-corrected chi connectivity index (χ1v) is 10.1. The van der Waals surface area contributed by atoms with Crippen molar-refractivity contribution in [2.24, 2.45) is 5.41 Å². The van der Waals surface area contributed by atoms with Crippen LogP contribution >= 0.6 is 22.6 Å². The lowest BCUT2D eigenvalue weighted by molar-refractivity contribution is 0.286. The highest BCUT2D eigenvalue weighted by Crippen LogP contribution is 2.28. The summed E-state index contributed by atoms with van der Waals surface area (Å²) in [6.07, 6.45) is 2.52. The predicted molar refractivity (Wildman–Crippen MR) is 75.8 cm³/mol. The summed E-state index contributed by atoms with van der Waals surface area (Å²) in [5.41, 5.74) is 0.416. The Morgan fingerprint density at radius 1 is 1.14 bits per heavy atom. The third-order valence-electron chi connectivity index (χ3n) is 1.98. The number of unbranched alkanes of at least 4 members (excludes halogenated alkanes) is 1. The highest BCUT2D eigenvalue weighted by molar-refractivity contribution is 14.1. The Labute approximate surface area is 104 Å². The Balaban J connectivity index is 3.72. The zero-order chi connectivity index (χ0) is 11.2. The van der Waals surface area contributed by atoms with E-state index in [0.717, 1.165) is 6.61 Å². The first kappa shape index (κ1) is 14.9. The number of alkyl halides is 1. The molecule has 0 heterocycles. The molecule has 0 saturated heterocycles. The van der Waals surface area contributed by atoms with Gasteiger partial charge in [0.05, 0.1) is 0 Å². The van der Waals surface area contributed by atoms with Crippen LogP contribution in [0.2, 0.25) is 19.1 Å². The molecule has 0 aromatic rings. The van der Waals surface area contributed by atoms with Gasteiger partial charge >= 0.3 is 0 Å². The van der Waals surface area contributed by atoms with Crippen molar-refractivity contribution in [1.82, 2.24) is 0 Å². The largest absolute Gasteiger partial charge is 0.417 e. The van der Waals surface area contributed by atoms with Gasteiger partial charge in [0.25, 0.3) is 0 Å². The summed E-state index contributed by atoms with van der Waals surface area (Å²) in [6, 6.07) is 1.25. The second kappa shape index (κ2) is 6.48. The fourth-order valence-electron chi connectivity index (χ4n) is 1.87. The van der Waals surface area contributed by atoms with Crippen LogP contribution in [0.3, 0.4) is 0 Å². The highest BCUT2D eigenvalue weighted by Gasteiger charge is 2.28. The van der Waals surface area contributed by atoms with E-state index in [9.17, 15) is 0 Å². The summed E-state index contributed by atoms with van der Waals surface area (Å²) in [6.45, 7) is 12.5. The summed E-state index contributed by atoms with van der Waals surface area (Å²) in [5.74, 6) is 0. The molecule has 0 N–H and O–H groups in total. The molecule has 0 aliphatic heterocycles. The quantitative estimate of drug-likeness (QED) is 0.302. The number of rotatable bonds is 6. The van der Waals surface area contributed by atoms with Gasteiger partial charge in [0.2, 0.25) is 0 Å². The van der Waals surface area contributed by atoms with Crippen LogP contribution < -0.4 is 0 Å². The molecule has 0 aromatic heterocycles. The summed E-state index contributed by atoms with van der Waals surface area (Å²) >= 11 is 2.43. The fourth-order valence-corrected chi connectivity index (χ4v) is 5.77. The second-order valence-electron chi connectivity index (χ2n) is 5.74. The molecule has 0 amide bonds. The van der Waals surface area contributed by atoms with Crippen LogP contribution in [-0.4, -0.2) is 19.4 Å². The van der Waals surface area contributed by atoms with E-state index in [2.05, 4.69) is 56.5 Å². The van der Waals surface area contributed by atoms with Gasteiger partial charge in [-0.15, -0.1) is 0 Å². The van der Waals surface area contributed by atoms with E-state index in [1.54, 1.807) is 0 Å². The maximum Gasteiger partial charge on any atom is 0.187 e. The Hall–Kier alpha value is 0.907. The topological polar surface area (TPSA) is 9.23 Å². The molecule has 1 nitrogen and oxygen atoms in total. The van der Waals surface area contributed by atoms with E-state index in [4.69, 9.17) is 4.43 Å². The van der Waals surface area contributed by atoms with Crippen LogP contribution in [0.15, 0.2) is 0 Å². The normalized spacial score (nSPS) is 13.3. The number of halogens is 1. The van der Waals surface area contributed by atoms with Crippen LogP contribution in [0.4, 0.5) is 0 Å². The lowest BCUT2D eigenvalue weighted by atomic mass is 10.0. The molecule has 0 aliphatic carbocycles. The van der Waals surface area contributed by atoms with Crippen molar-refractivity contribution in [3.8, 4) is 0 Å². The van der Waals surface area contributed by atoms with Crippen molar-refractivity contribution in [1.29, 1.82) is 0 Å². The lowest BCUT2D eigenvalue weighted by Gasteiger charge is -2.30. The van der Waals surface area contributed by atoms with Crippen LogP contribution in [0.25, 0.3) is 0 Å². The zero-order valence-corrected chi connectivity index (χ0v) is 13.5. The van der Waals surface area contributed by atoms with Crippen LogP contribution in [0.1, 0.15) is 33.6 Å². The molecule has 14 heavy (non-hydrogen) atoms. The highest BCUT2D eigenvalue weighted by atomic mass is 127. The van der Waals surface area contributed by atoms with Gasteiger partial charge in [-0.05, 0) is 41.8 Å². The van der Waals surface area contributed by atoms with E-state index in [0.29, 0.717) is 5.41 Å². The average Bonchev–Trinajstić information content (AvgIpc) is 1.93. The maximum atomic E-state index is 6.04. The van der Waals surface area contributed by atoms with Gasteiger partial charge in [-0.2, -0.15) is 0 Å². The summed E-state index contributed by atoms with van der Waals surface area (Å²) < 4.78 is 7.30. The van der Waals surface area contributed by atoms with E-state index >= 15 is 0 Å². The lowest BCUT2D eigenvalue weighted by Crippen LogP contribution is -2.35. The smallest absolute Gasteiger partial charge is 0.187 e. The Morgan fingerprint density at radius 3 is 2.14 bits per heavy atom. The second-order valence-corrected chi connectivity index (χ2v) is 11.0. The molecule has 0 aromatic carbocycles. The SMILES string of the molecule is CC(C)(C)C[Si](C)(C)OCCCCI. The Morgan fingerprint density at radius 2 is 1.71 bits per heavy atom. The summed E-state index contributed by atoms with van der Waals surface area (Å²) in [7, 11) is -1.39. The van der Waals surface area contributed by atoms with Crippen molar-refractivity contribution < 1.29 is 4.43 Å². The van der Waals surface area contributed by atoms with Gasteiger partial charge in [-0.1, -0.05) is 43.4 Å². The summed E-state index contributed by atoms with van der Waals surface area (Å²) in [5, 5.41) is 0. The molecule has 0 unspecified atom stereocenters. The van der Waals surface area contributed by atoms with E-state index < -0.39 is 8.32 Å². The van der Waals surface area contributed by atoms with E-state index in [1.807, 2.05) is 0 Å². The third kappa shape index (κ3) is 9.46. The summed E-state index contributed by atoms with van der Waals surface area (Å²) in [4.78, 5) is 0. The van der Waals surface area contributed by atoms with Crippen LogP contribution in [-0.2, 0) is 4.43 Å².